The van der Waals surface area contributed by atoms with Gasteiger partial charge in [-0.05, 0) is 53.9 Å². The van der Waals surface area contributed by atoms with E-state index in [9.17, 15) is 9.50 Å². The first-order valence-electron chi connectivity index (χ1n) is 11.6. The zero-order valence-electron chi connectivity index (χ0n) is 21.2. The Hall–Kier alpha value is -4.23. The van der Waals surface area contributed by atoms with Gasteiger partial charge in [-0.3, -0.25) is 0 Å². The van der Waals surface area contributed by atoms with E-state index in [0.717, 1.165) is 11.1 Å². The number of rotatable bonds is 10. The molecule has 0 aliphatic heterocycles. The molecule has 0 bridgehead atoms. The van der Waals surface area contributed by atoms with Crippen LogP contribution in [-0.2, 0) is 11.3 Å². The predicted molar refractivity (Wildman–Crippen MR) is 140 cm³/mol. The molecular weight excluding hydrogens is 475 g/mol. The second-order valence-electron chi connectivity index (χ2n) is 8.38. The molecule has 0 aliphatic rings. The number of hydrogen-bond donors (Lipinski definition) is 1. The van der Waals surface area contributed by atoms with Gasteiger partial charge in [0.2, 0.25) is 0 Å². The summed E-state index contributed by atoms with van der Waals surface area (Å²) in [6.45, 7) is 2.29. The lowest BCUT2D eigenvalue weighted by molar-refractivity contribution is 0.0495. The Morgan fingerprint density at radius 3 is 2.05 bits per heavy atom. The molecule has 7 heteroatoms. The van der Waals surface area contributed by atoms with Gasteiger partial charge in [-0.1, -0.05) is 48.0 Å². The van der Waals surface area contributed by atoms with Gasteiger partial charge in [-0.2, -0.15) is 0 Å². The van der Waals surface area contributed by atoms with Crippen LogP contribution in [0.25, 0.3) is 22.3 Å². The van der Waals surface area contributed by atoms with Crippen LogP contribution in [0.2, 0.25) is 0 Å². The van der Waals surface area contributed by atoms with Crippen LogP contribution in [0.3, 0.4) is 0 Å². The van der Waals surface area contributed by atoms with Crippen LogP contribution in [0.5, 0.6) is 28.7 Å². The molecule has 0 aliphatic carbocycles. The lowest BCUT2D eigenvalue weighted by Gasteiger charge is -2.21. The maximum atomic E-state index is 13.6. The number of aryl methyl sites for hydroxylation is 1. The van der Waals surface area contributed by atoms with Crippen molar-refractivity contribution in [2.24, 2.45) is 0 Å². The summed E-state index contributed by atoms with van der Waals surface area (Å²) in [5.74, 6) is 1.21. The zero-order valence-corrected chi connectivity index (χ0v) is 21.2. The lowest BCUT2D eigenvalue weighted by Crippen LogP contribution is -2.05. The number of phenols is 1. The van der Waals surface area contributed by atoms with Gasteiger partial charge in [0.05, 0.1) is 19.8 Å². The highest BCUT2D eigenvalue weighted by molar-refractivity contribution is 5.88. The monoisotopic (exact) mass is 504 g/mol. The number of phenolic OH excluding ortho intramolecular Hbond substituents is 1. The molecule has 0 amide bonds. The van der Waals surface area contributed by atoms with Crippen LogP contribution >= 0.6 is 0 Å². The summed E-state index contributed by atoms with van der Waals surface area (Å²) >= 11 is 0. The van der Waals surface area contributed by atoms with Gasteiger partial charge in [0.15, 0.2) is 29.8 Å². The van der Waals surface area contributed by atoms with E-state index in [1.165, 1.54) is 26.4 Å². The largest absolute Gasteiger partial charge is 0.504 e. The molecule has 0 heterocycles. The maximum absolute atomic E-state index is 13.6. The highest BCUT2D eigenvalue weighted by atomic mass is 19.1. The minimum atomic E-state index is -0.345. The molecule has 1 N–H and O–H groups in total. The Balaban J connectivity index is 1.76. The number of aromatic hydroxyl groups is 1. The highest BCUT2D eigenvalue weighted by Gasteiger charge is 2.24. The quantitative estimate of drug-likeness (QED) is 0.241. The topological polar surface area (TPSA) is 66.4 Å². The van der Waals surface area contributed by atoms with Gasteiger partial charge in [-0.25, -0.2) is 4.39 Å². The molecule has 4 aromatic rings. The average molecular weight is 505 g/mol. The molecule has 0 radical (unpaired) electrons. The SMILES string of the molecule is COCOc1c(OC)c(-c2ccc(F)cc2)cc(OC)c1-c1ccc(OCc2ccc(C)cc2)c(O)c1. The van der Waals surface area contributed by atoms with E-state index in [2.05, 4.69) is 0 Å². The number of benzene rings is 4. The Labute approximate surface area is 215 Å². The molecule has 4 aromatic carbocycles. The van der Waals surface area contributed by atoms with Crippen molar-refractivity contribution in [2.45, 2.75) is 13.5 Å². The van der Waals surface area contributed by atoms with E-state index >= 15 is 0 Å². The summed E-state index contributed by atoms with van der Waals surface area (Å²) in [6.07, 6.45) is 0. The fraction of sp³-hybridized carbons (Fsp3) is 0.200. The first kappa shape index (κ1) is 25.9. The third-order valence-corrected chi connectivity index (χ3v) is 5.86. The van der Waals surface area contributed by atoms with E-state index < -0.39 is 0 Å². The summed E-state index contributed by atoms with van der Waals surface area (Å²) in [7, 11) is 4.58. The first-order valence-corrected chi connectivity index (χ1v) is 11.6. The molecular formula is C30H29FO6. The molecule has 0 aromatic heterocycles. The number of methoxy groups -OCH3 is 3. The summed E-state index contributed by atoms with van der Waals surface area (Å²) in [5.41, 5.74) is 4.70. The standard InChI is InChI=1S/C30H29FO6/c1-19-5-7-20(8-6-19)17-36-26-14-11-22(15-25(26)32)28-27(34-3)16-24(21-9-12-23(31)13-10-21)29(35-4)30(28)37-18-33-2/h5-16,32H,17-18H2,1-4H3. The lowest BCUT2D eigenvalue weighted by atomic mass is 9.96. The Kier molecular flexibility index (Phi) is 8.15. The van der Waals surface area contributed by atoms with Crippen LogP contribution < -0.4 is 18.9 Å². The van der Waals surface area contributed by atoms with Gasteiger partial charge < -0.3 is 28.8 Å². The first-order chi connectivity index (χ1) is 17.9. The Morgan fingerprint density at radius 1 is 0.730 bits per heavy atom. The van der Waals surface area contributed by atoms with Crippen molar-refractivity contribution in [3.63, 3.8) is 0 Å². The second kappa shape index (κ2) is 11.7. The molecule has 0 spiro atoms. The van der Waals surface area contributed by atoms with Crippen molar-refractivity contribution in [3.8, 4) is 51.0 Å². The van der Waals surface area contributed by atoms with Gasteiger partial charge >= 0.3 is 0 Å². The molecule has 0 unspecified atom stereocenters. The number of ether oxygens (including phenoxy) is 5. The smallest absolute Gasteiger partial charge is 0.188 e. The van der Waals surface area contributed by atoms with Gasteiger partial charge in [0, 0.05) is 12.7 Å². The van der Waals surface area contributed by atoms with Crippen LogP contribution in [0.4, 0.5) is 4.39 Å². The summed E-state index contributed by atoms with van der Waals surface area (Å²) < 4.78 is 42.0. The summed E-state index contributed by atoms with van der Waals surface area (Å²) in [4.78, 5) is 0. The normalized spacial score (nSPS) is 10.7. The van der Waals surface area contributed by atoms with Crippen molar-refractivity contribution >= 4 is 0 Å². The number of halogens is 1. The fourth-order valence-corrected chi connectivity index (χ4v) is 3.99. The van der Waals surface area contributed by atoms with Crippen molar-refractivity contribution in [2.75, 3.05) is 28.1 Å². The molecule has 0 saturated carbocycles. The maximum Gasteiger partial charge on any atom is 0.188 e. The molecule has 37 heavy (non-hydrogen) atoms. The van der Waals surface area contributed by atoms with Crippen LogP contribution in [0, 0.1) is 12.7 Å². The fourth-order valence-electron chi connectivity index (χ4n) is 3.99. The van der Waals surface area contributed by atoms with Gasteiger partial charge in [0.25, 0.3) is 0 Å². The minimum absolute atomic E-state index is 0.0362. The molecule has 0 atom stereocenters. The van der Waals surface area contributed by atoms with E-state index in [4.69, 9.17) is 23.7 Å². The third-order valence-electron chi connectivity index (χ3n) is 5.86. The van der Waals surface area contributed by atoms with Gasteiger partial charge in [0.1, 0.15) is 18.2 Å². The molecule has 0 saturated heterocycles. The van der Waals surface area contributed by atoms with Crippen molar-refractivity contribution in [1.29, 1.82) is 0 Å². The molecule has 0 fully saturated rings. The van der Waals surface area contributed by atoms with E-state index in [0.29, 0.717) is 51.9 Å². The van der Waals surface area contributed by atoms with Crippen LogP contribution in [0.1, 0.15) is 11.1 Å². The van der Waals surface area contributed by atoms with E-state index in [-0.39, 0.29) is 18.4 Å². The van der Waals surface area contributed by atoms with E-state index in [1.807, 2.05) is 31.2 Å². The Bertz CT molecular complexity index is 1350. The summed E-state index contributed by atoms with van der Waals surface area (Å²) in [5, 5.41) is 10.8. The minimum Gasteiger partial charge on any atom is -0.504 e. The second-order valence-corrected chi connectivity index (χ2v) is 8.38. The molecule has 4 rings (SSSR count). The average Bonchev–Trinajstić information content (AvgIpc) is 2.91. The van der Waals surface area contributed by atoms with Crippen LogP contribution in [-0.4, -0.2) is 33.2 Å². The number of hydrogen-bond acceptors (Lipinski definition) is 6. The molecule has 6 nitrogen and oxygen atoms in total. The van der Waals surface area contributed by atoms with Gasteiger partial charge in [-0.15, -0.1) is 0 Å². The zero-order chi connectivity index (χ0) is 26.4. The van der Waals surface area contributed by atoms with Crippen molar-refractivity contribution < 1.29 is 33.2 Å². The van der Waals surface area contributed by atoms with Crippen molar-refractivity contribution in [1.82, 2.24) is 0 Å². The Morgan fingerprint density at radius 2 is 1.43 bits per heavy atom. The predicted octanol–water partition coefficient (Wildman–Crippen LogP) is 6.75. The van der Waals surface area contributed by atoms with Crippen molar-refractivity contribution in [3.05, 3.63) is 89.7 Å². The molecule has 192 valence electrons. The summed E-state index contributed by atoms with van der Waals surface area (Å²) in [6, 6.07) is 20.9. The highest BCUT2D eigenvalue weighted by Crippen LogP contribution is 2.51. The van der Waals surface area contributed by atoms with E-state index in [1.54, 1.807) is 43.5 Å². The third kappa shape index (κ3) is 5.78. The van der Waals surface area contributed by atoms with Crippen LogP contribution in [0.15, 0.2) is 72.8 Å².